The van der Waals surface area contributed by atoms with Gasteiger partial charge >= 0.3 is 0 Å². The normalized spacial score (nSPS) is 19.3. The van der Waals surface area contributed by atoms with E-state index in [4.69, 9.17) is 9.72 Å². The first-order chi connectivity index (χ1) is 10.8. The molecular formula is C17H28N4O. The third kappa shape index (κ3) is 3.58. The van der Waals surface area contributed by atoms with Crippen LogP contribution in [0.4, 0.5) is 5.82 Å². The van der Waals surface area contributed by atoms with Crippen LogP contribution >= 0.6 is 0 Å². The van der Waals surface area contributed by atoms with Crippen molar-refractivity contribution in [2.45, 2.75) is 39.5 Å². The number of hydrogen-bond donors (Lipinski definition) is 0. The number of nitrogens with zero attached hydrogens (tertiary/aromatic N) is 4. The molecule has 0 bridgehead atoms. The van der Waals surface area contributed by atoms with E-state index in [1.807, 2.05) is 6.92 Å². The van der Waals surface area contributed by atoms with Gasteiger partial charge in [-0.2, -0.15) is 0 Å². The maximum Gasteiger partial charge on any atom is 0.135 e. The second-order valence-electron chi connectivity index (χ2n) is 6.25. The van der Waals surface area contributed by atoms with Crippen molar-refractivity contribution in [1.29, 1.82) is 0 Å². The van der Waals surface area contributed by atoms with E-state index in [0.29, 0.717) is 0 Å². The van der Waals surface area contributed by atoms with Crippen LogP contribution < -0.4 is 4.90 Å². The van der Waals surface area contributed by atoms with Crippen molar-refractivity contribution in [2.24, 2.45) is 0 Å². The highest BCUT2D eigenvalue weighted by Gasteiger charge is 2.24. The van der Waals surface area contributed by atoms with Crippen molar-refractivity contribution in [3.05, 3.63) is 17.1 Å². The molecule has 0 amide bonds. The first-order valence-corrected chi connectivity index (χ1v) is 8.69. The molecule has 0 aromatic carbocycles. The molecule has 2 aliphatic rings. The van der Waals surface area contributed by atoms with Gasteiger partial charge in [0.1, 0.15) is 11.6 Å². The zero-order valence-corrected chi connectivity index (χ0v) is 14.0. The lowest BCUT2D eigenvalue weighted by molar-refractivity contribution is 0.111. The first kappa shape index (κ1) is 15.7. The lowest BCUT2D eigenvalue weighted by Gasteiger charge is -2.37. The Balaban J connectivity index is 1.65. The Morgan fingerprint density at radius 3 is 2.59 bits per heavy atom. The monoisotopic (exact) mass is 304 g/mol. The Morgan fingerprint density at radius 2 is 1.82 bits per heavy atom. The Hall–Kier alpha value is -1.20. The van der Waals surface area contributed by atoms with Gasteiger partial charge in [-0.15, -0.1) is 0 Å². The van der Waals surface area contributed by atoms with Crippen LogP contribution in [0, 0.1) is 6.92 Å². The van der Waals surface area contributed by atoms with Gasteiger partial charge in [0.05, 0.1) is 6.61 Å². The maximum atomic E-state index is 5.46. The number of anilines is 1. The maximum absolute atomic E-state index is 5.46. The number of hydrogen-bond acceptors (Lipinski definition) is 5. The molecule has 1 aliphatic heterocycles. The summed E-state index contributed by atoms with van der Waals surface area (Å²) in [5.74, 6) is 2.14. The zero-order chi connectivity index (χ0) is 15.4. The second kappa shape index (κ2) is 7.38. The molecule has 5 heteroatoms. The summed E-state index contributed by atoms with van der Waals surface area (Å²) in [7, 11) is 0. The molecule has 22 heavy (non-hydrogen) atoms. The average Bonchev–Trinajstić information content (AvgIpc) is 2.55. The number of rotatable bonds is 5. The number of aryl methyl sites for hydroxylation is 2. The Bertz CT molecular complexity index is 498. The summed E-state index contributed by atoms with van der Waals surface area (Å²) < 4.78 is 5.46. The van der Waals surface area contributed by atoms with E-state index in [1.54, 1.807) is 0 Å². The van der Waals surface area contributed by atoms with Crippen LogP contribution in [0.2, 0.25) is 0 Å². The summed E-state index contributed by atoms with van der Waals surface area (Å²) in [4.78, 5) is 14.4. The van der Waals surface area contributed by atoms with E-state index in [2.05, 4.69) is 21.7 Å². The minimum atomic E-state index is 0.812. The third-order valence-corrected chi connectivity index (χ3v) is 4.70. The van der Waals surface area contributed by atoms with Crippen LogP contribution in [0.1, 0.15) is 36.8 Å². The highest BCUT2D eigenvalue weighted by atomic mass is 16.5. The molecule has 0 spiro atoms. The van der Waals surface area contributed by atoms with Gasteiger partial charge in [-0.3, -0.25) is 4.90 Å². The topological polar surface area (TPSA) is 41.5 Å². The van der Waals surface area contributed by atoms with Gasteiger partial charge in [-0.1, -0.05) is 0 Å². The van der Waals surface area contributed by atoms with Gasteiger partial charge in [0.15, 0.2) is 0 Å². The van der Waals surface area contributed by atoms with E-state index in [0.717, 1.165) is 64.6 Å². The highest BCUT2D eigenvalue weighted by molar-refractivity contribution is 5.50. The van der Waals surface area contributed by atoms with Crippen LogP contribution in [0.15, 0.2) is 0 Å². The molecule has 3 rings (SSSR count). The van der Waals surface area contributed by atoms with Gasteiger partial charge in [0, 0.05) is 50.6 Å². The standard InChI is InChI=1S/C17H28N4O/c1-3-22-13-12-20-8-10-21(11-9-20)17-15-6-4-5-7-16(15)18-14(2)19-17/h3-13H2,1-2H3. The number of piperazine rings is 1. The summed E-state index contributed by atoms with van der Waals surface area (Å²) in [6.45, 7) is 11.1. The van der Waals surface area contributed by atoms with Crippen LogP contribution in [-0.4, -0.2) is 60.8 Å². The number of ether oxygens (including phenoxy) is 1. The minimum absolute atomic E-state index is 0.812. The fourth-order valence-corrected chi connectivity index (χ4v) is 3.48. The van der Waals surface area contributed by atoms with Crippen LogP contribution in [0.3, 0.4) is 0 Å². The summed E-state index contributed by atoms with van der Waals surface area (Å²) in [6, 6.07) is 0. The SMILES string of the molecule is CCOCCN1CCN(c2nc(C)nc3c2CCCC3)CC1. The van der Waals surface area contributed by atoms with E-state index in [9.17, 15) is 0 Å². The molecule has 0 unspecified atom stereocenters. The van der Waals surface area contributed by atoms with Crippen molar-refractivity contribution in [3.8, 4) is 0 Å². The van der Waals surface area contributed by atoms with Crippen molar-refractivity contribution in [1.82, 2.24) is 14.9 Å². The van der Waals surface area contributed by atoms with Crippen LogP contribution in [0.25, 0.3) is 0 Å². The lowest BCUT2D eigenvalue weighted by atomic mass is 9.96. The molecule has 0 atom stereocenters. The molecule has 2 heterocycles. The first-order valence-electron chi connectivity index (χ1n) is 8.69. The molecule has 1 fully saturated rings. The largest absolute Gasteiger partial charge is 0.380 e. The quantitative estimate of drug-likeness (QED) is 0.776. The molecule has 0 N–H and O–H groups in total. The molecule has 122 valence electrons. The summed E-state index contributed by atoms with van der Waals surface area (Å²) >= 11 is 0. The smallest absolute Gasteiger partial charge is 0.135 e. The van der Waals surface area contributed by atoms with Crippen molar-refractivity contribution in [3.63, 3.8) is 0 Å². The summed E-state index contributed by atoms with van der Waals surface area (Å²) in [5, 5.41) is 0. The van der Waals surface area contributed by atoms with Crippen LogP contribution in [-0.2, 0) is 17.6 Å². The zero-order valence-electron chi connectivity index (χ0n) is 14.0. The van der Waals surface area contributed by atoms with E-state index < -0.39 is 0 Å². The average molecular weight is 304 g/mol. The Labute approximate surface area is 133 Å². The molecule has 1 aromatic rings. The lowest BCUT2D eigenvalue weighted by Crippen LogP contribution is -2.48. The Morgan fingerprint density at radius 1 is 1.05 bits per heavy atom. The minimum Gasteiger partial charge on any atom is -0.380 e. The van der Waals surface area contributed by atoms with Crippen LogP contribution in [0.5, 0.6) is 0 Å². The molecule has 0 radical (unpaired) electrons. The predicted octanol–water partition coefficient (Wildman–Crippen LogP) is 1.82. The van der Waals surface area contributed by atoms with Gasteiger partial charge in [-0.05, 0) is 39.5 Å². The molecule has 1 aromatic heterocycles. The van der Waals surface area contributed by atoms with Gasteiger partial charge in [0.25, 0.3) is 0 Å². The van der Waals surface area contributed by atoms with Crippen molar-refractivity contribution >= 4 is 5.82 Å². The molecule has 1 aliphatic carbocycles. The number of aromatic nitrogens is 2. The molecule has 1 saturated heterocycles. The predicted molar refractivity (Wildman–Crippen MR) is 88.6 cm³/mol. The fraction of sp³-hybridized carbons (Fsp3) is 0.765. The van der Waals surface area contributed by atoms with Gasteiger partial charge in [0.2, 0.25) is 0 Å². The fourth-order valence-electron chi connectivity index (χ4n) is 3.48. The molecule has 0 saturated carbocycles. The Kier molecular flexibility index (Phi) is 5.26. The van der Waals surface area contributed by atoms with E-state index in [1.165, 1.54) is 29.9 Å². The van der Waals surface area contributed by atoms with Crippen molar-refractivity contribution in [2.75, 3.05) is 50.8 Å². The molecular weight excluding hydrogens is 276 g/mol. The third-order valence-electron chi connectivity index (χ3n) is 4.70. The number of fused-ring (bicyclic) bond motifs is 1. The van der Waals surface area contributed by atoms with E-state index >= 15 is 0 Å². The molecule has 5 nitrogen and oxygen atoms in total. The summed E-state index contributed by atoms with van der Waals surface area (Å²) in [6.07, 6.45) is 4.82. The van der Waals surface area contributed by atoms with Gasteiger partial charge in [-0.25, -0.2) is 9.97 Å². The van der Waals surface area contributed by atoms with Gasteiger partial charge < -0.3 is 9.64 Å². The summed E-state index contributed by atoms with van der Waals surface area (Å²) in [5.41, 5.74) is 2.71. The van der Waals surface area contributed by atoms with E-state index in [-0.39, 0.29) is 0 Å². The van der Waals surface area contributed by atoms with Crippen molar-refractivity contribution < 1.29 is 4.74 Å². The highest BCUT2D eigenvalue weighted by Crippen LogP contribution is 2.28. The second-order valence-corrected chi connectivity index (χ2v) is 6.25.